The third kappa shape index (κ3) is 3.53. The van der Waals surface area contributed by atoms with Crippen LogP contribution in [-0.2, 0) is 7.05 Å². The Kier molecular flexibility index (Phi) is 4.92. The van der Waals surface area contributed by atoms with Crippen LogP contribution in [0.4, 0.5) is 4.39 Å². The second-order valence-corrected chi connectivity index (χ2v) is 5.72. The van der Waals surface area contributed by atoms with Gasteiger partial charge in [0.15, 0.2) is 4.60 Å². The fraction of sp³-hybridized carbons (Fsp3) is 0.273. The number of benzene rings is 1. The highest BCUT2D eigenvalue weighted by Gasteiger charge is 2.19. The van der Waals surface area contributed by atoms with Crippen LogP contribution in [0.15, 0.2) is 33.8 Å². The molecule has 0 radical (unpaired) electrons. The zero-order chi connectivity index (χ0) is 13.8. The molecule has 1 heterocycles. The summed E-state index contributed by atoms with van der Waals surface area (Å²) in [5.74, 6) is 5.96. The predicted molar refractivity (Wildman–Crippen MR) is 75.9 cm³/mol. The highest BCUT2D eigenvalue weighted by Crippen LogP contribution is 2.27. The van der Waals surface area contributed by atoms with Gasteiger partial charge in [0.1, 0.15) is 5.82 Å². The zero-order valence-corrected chi connectivity index (χ0v) is 12.6. The smallest absolute Gasteiger partial charge is 0.153 e. The molecule has 19 heavy (non-hydrogen) atoms. The molecule has 102 valence electrons. The summed E-state index contributed by atoms with van der Waals surface area (Å²) >= 11 is 4.85. The van der Waals surface area contributed by atoms with Gasteiger partial charge in [-0.2, -0.15) is 0 Å². The van der Waals surface area contributed by atoms with Crippen LogP contribution in [0.1, 0.15) is 11.7 Å². The van der Waals surface area contributed by atoms with Crippen molar-refractivity contribution in [3.63, 3.8) is 0 Å². The lowest BCUT2D eigenvalue weighted by atomic mass is 10.3. The van der Waals surface area contributed by atoms with Gasteiger partial charge in [0.2, 0.25) is 0 Å². The minimum atomic E-state index is -0.245. The Labute approximate surface area is 122 Å². The second-order valence-electron chi connectivity index (χ2n) is 3.88. The third-order valence-corrected chi connectivity index (χ3v) is 4.22. The highest BCUT2D eigenvalue weighted by molar-refractivity contribution is 9.10. The molecular formula is C11H13BrFN5S. The minimum Gasteiger partial charge on any atom is -0.271 e. The molecule has 0 spiro atoms. The van der Waals surface area contributed by atoms with E-state index in [9.17, 15) is 4.39 Å². The maximum absolute atomic E-state index is 13.1. The standard InChI is InChI=1S/C11H13BrFN5S/c1-18-10(11(12)16-17-18)9(15-14)6-19-8-4-2-3-7(13)5-8/h2-5,9,15H,6,14H2,1H3. The Morgan fingerprint density at radius 3 is 2.95 bits per heavy atom. The van der Waals surface area contributed by atoms with E-state index < -0.39 is 0 Å². The van der Waals surface area contributed by atoms with Crippen molar-refractivity contribution in [1.29, 1.82) is 0 Å². The Bertz CT molecular complexity index is 542. The molecule has 0 saturated heterocycles. The van der Waals surface area contributed by atoms with Crippen LogP contribution in [0.2, 0.25) is 0 Å². The van der Waals surface area contributed by atoms with E-state index in [0.717, 1.165) is 10.6 Å². The molecule has 1 unspecified atom stereocenters. The van der Waals surface area contributed by atoms with Crippen LogP contribution in [-0.4, -0.2) is 20.7 Å². The number of thioether (sulfide) groups is 1. The molecule has 8 heteroatoms. The van der Waals surface area contributed by atoms with Gasteiger partial charge in [-0.3, -0.25) is 11.3 Å². The van der Waals surface area contributed by atoms with Crippen molar-refractivity contribution in [2.45, 2.75) is 10.9 Å². The van der Waals surface area contributed by atoms with E-state index in [0.29, 0.717) is 10.4 Å². The van der Waals surface area contributed by atoms with Crippen molar-refractivity contribution >= 4 is 27.7 Å². The van der Waals surface area contributed by atoms with Crippen molar-refractivity contribution in [2.24, 2.45) is 12.9 Å². The third-order valence-electron chi connectivity index (χ3n) is 2.57. The molecule has 2 rings (SSSR count). The monoisotopic (exact) mass is 345 g/mol. The normalized spacial score (nSPS) is 12.6. The lowest BCUT2D eigenvalue weighted by molar-refractivity contribution is 0.549. The Balaban J connectivity index is 2.08. The molecule has 2 aromatic rings. The summed E-state index contributed by atoms with van der Waals surface area (Å²) in [4.78, 5) is 0.853. The summed E-state index contributed by atoms with van der Waals surface area (Å²) in [6.45, 7) is 0. The summed E-state index contributed by atoms with van der Waals surface area (Å²) in [7, 11) is 1.80. The first-order valence-corrected chi connectivity index (χ1v) is 7.29. The maximum Gasteiger partial charge on any atom is 0.153 e. The minimum absolute atomic E-state index is 0.136. The van der Waals surface area contributed by atoms with Crippen LogP contribution in [0.3, 0.4) is 0 Å². The van der Waals surface area contributed by atoms with Crippen LogP contribution < -0.4 is 11.3 Å². The van der Waals surface area contributed by atoms with Crippen molar-refractivity contribution < 1.29 is 4.39 Å². The van der Waals surface area contributed by atoms with Crippen molar-refractivity contribution in [3.05, 3.63) is 40.4 Å². The number of halogens is 2. The van der Waals surface area contributed by atoms with Gasteiger partial charge < -0.3 is 0 Å². The van der Waals surface area contributed by atoms with Gasteiger partial charge in [0, 0.05) is 17.7 Å². The first kappa shape index (κ1) is 14.4. The van der Waals surface area contributed by atoms with Crippen molar-refractivity contribution in [3.8, 4) is 0 Å². The predicted octanol–water partition coefficient (Wildman–Crippen LogP) is 2.01. The Morgan fingerprint density at radius 1 is 1.58 bits per heavy atom. The van der Waals surface area contributed by atoms with Crippen LogP contribution in [0.5, 0.6) is 0 Å². The van der Waals surface area contributed by atoms with Gasteiger partial charge in [-0.15, -0.1) is 16.9 Å². The Morgan fingerprint density at radius 2 is 2.37 bits per heavy atom. The van der Waals surface area contributed by atoms with Gasteiger partial charge in [0.25, 0.3) is 0 Å². The van der Waals surface area contributed by atoms with E-state index in [-0.39, 0.29) is 11.9 Å². The van der Waals surface area contributed by atoms with Gasteiger partial charge in [-0.05, 0) is 34.1 Å². The summed E-state index contributed by atoms with van der Waals surface area (Å²) in [6.07, 6.45) is 0. The fourth-order valence-electron chi connectivity index (χ4n) is 1.65. The summed E-state index contributed by atoms with van der Waals surface area (Å²) in [6, 6.07) is 6.32. The van der Waals surface area contributed by atoms with Crippen molar-refractivity contribution in [1.82, 2.24) is 20.4 Å². The number of nitrogens with two attached hydrogens (primary N) is 1. The van der Waals surface area contributed by atoms with E-state index >= 15 is 0 Å². The lowest BCUT2D eigenvalue weighted by Gasteiger charge is -2.15. The van der Waals surface area contributed by atoms with Crippen LogP contribution in [0, 0.1) is 5.82 Å². The largest absolute Gasteiger partial charge is 0.271 e. The number of nitrogens with zero attached hydrogens (tertiary/aromatic N) is 3. The van der Waals surface area contributed by atoms with Crippen LogP contribution in [0.25, 0.3) is 0 Å². The first-order valence-electron chi connectivity index (χ1n) is 5.51. The molecule has 1 aromatic heterocycles. The van der Waals surface area contributed by atoms with E-state index in [1.165, 1.54) is 23.9 Å². The molecule has 0 aliphatic heterocycles. The highest BCUT2D eigenvalue weighted by atomic mass is 79.9. The second kappa shape index (κ2) is 6.47. The number of aromatic nitrogens is 3. The van der Waals surface area contributed by atoms with Gasteiger partial charge in [0.05, 0.1) is 11.7 Å². The van der Waals surface area contributed by atoms with Gasteiger partial charge in [-0.25, -0.2) is 9.07 Å². The van der Waals surface area contributed by atoms with Crippen molar-refractivity contribution in [2.75, 3.05) is 5.75 Å². The van der Waals surface area contributed by atoms with E-state index in [1.807, 2.05) is 6.07 Å². The number of nitrogens with one attached hydrogen (secondary N) is 1. The Hall–Kier alpha value is -0.960. The molecule has 0 aliphatic carbocycles. The van der Waals surface area contributed by atoms with E-state index in [1.54, 1.807) is 17.8 Å². The molecule has 0 aliphatic rings. The number of rotatable bonds is 5. The lowest BCUT2D eigenvalue weighted by Crippen LogP contribution is -2.31. The SMILES string of the molecule is Cn1nnc(Br)c1C(CSc1cccc(F)c1)NN. The molecule has 0 fully saturated rings. The van der Waals surface area contributed by atoms with Crippen LogP contribution >= 0.6 is 27.7 Å². The molecule has 5 nitrogen and oxygen atoms in total. The molecule has 0 amide bonds. The first-order chi connectivity index (χ1) is 9.11. The average molecular weight is 346 g/mol. The molecular weight excluding hydrogens is 333 g/mol. The van der Waals surface area contributed by atoms with Gasteiger partial charge in [-0.1, -0.05) is 11.3 Å². The molecule has 0 bridgehead atoms. The molecule has 1 atom stereocenters. The van der Waals surface area contributed by atoms with E-state index in [2.05, 4.69) is 31.7 Å². The molecule has 3 N–H and O–H groups in total. The summed E-state index contributed by atoms with van der Waals surface area (Å²) in [5.41, 5.74) is 3.58. The number of hydrogen-bond acceptors (Lipinski definition) is 5. The quantitative estimate of drug-likeness (QED) is 0.493. The number of aryl methyl sites for hydroxylation is 1. The average Bonchev–Trinajstić information content (AvgIpc) is 2.71. The summed E-state index contributed by atoms with van der Waals surface area (Å²) in [5, 5.41) is 7.83. The summed E-state index contributed by atoms with van der Waals surface area (Å²) < 4.78 is 15.4. The van der Waals surface area contributed by atoms with E-state index in [4.69, 9.17) is 5.84 Å². The number of hydrogen-bond donors (Lipinski definition) is 2. The molecule has 1 aromatic carbocycles. The van der Waals surface area contributed by atoms with Gasteiger partial charge >= 0.3 is 0 Å². The maximum atomic E-state index is 13.1. The fourth-order valence-corrected chi connectivity index (χ4v) is 3.24. The topological polar surface area (TPSA) is 68.8 Å². The molecule has 0 saturated carbocycles. The number of hydrazine groups is 1. The zero-order valence-electron chi connectivity index (χ0n) is 10.2.